The molecule has 0 saturated heterocycles. The normalized spacial score (nSPS) is 14.2. The summed E-state index contributed by atoms with van der Waals surface area (Å²) in [6.45, 7) is 4.41. The van der Waals surface area contributed by atoms with Gasteiger partial charge < -0.3 is 4.84 Å². The number of hydrogen-bond donors (Lipinski definition) is 0. The van der Waals surface area contributed by atoms with Gasteiger partial charge >= 0.3 is 10.1 Å². The number of ketones is 2. The third-order valence-electron chi connectivity index (χ3n) is 7.99. The van der Waals surface area contributed by atoms with E-state index in [0.717, 1.165) is 31.2 Å². The van der Waals surface area contributed by atoms with Gasteiger partial charge in [0.15, 0.2) is 11.5 Å². The Morgan fingerprint density at radius 1 is 0.886 bits per heavy atom. The highest BCUT2D eigenvalue weighted by atomic mass is 32.2. The Hall–Kier alpha value is -4.34. The first-order valence-electron chi connectivity index (χ1n) is 14.8. The second-order valence-corrected chi connectivity index (χ2v) is 12.7. The molecular formula is C35H36N2O6S. The lowest BCUT2D eigenvalue weighted by Crippen LogP contribution is -2.22. The number of carbonyl (C=O) groups is 2. The monoisotopic (exact) mass is 612 g/mol. The van der Waals surface area contributed by atoms with Gasteiger partial charge in [-0.05, 0) is 61.9 Å². The Morgan fingerprint density at radius 2 is 1.59 bits per heavy atom. The van der Waals surface area contributed by atoms with Crippen LogP contribution in [-0.4, -0.2) is 44.4 Å². The quantitative estimate of drug-likeness (QED) is 0.0951. The molecule has 1 aliphatic carbocycles. The van der Waals surface area contributed by atoms with E-state index in [1.807, 2.05) is 32.0 Å². The van der Waals surface area contributed by atoms with E-state index < -0.39 is 15.9 Å². The molecule has 0 radical (unpaired) electrons. The molecule has 0 bridgehead atoms. The summed E-state index contributed by atoms with van der Waals surface area (Å²) in [4.78, 5) is 33.5. The Bertz CT molecular complexity index is 1790. The molecule has 0 aromatic heterocycles. The molecule has 0 spiro atoms. The van der Waals surface area contributed by atoms with E-state index >= 15 is 0 Å². The van der Waals surface area contributed by atoms with Gasteiger partial charge in [-0.1, -0.05) is 91.0 Å². The van der Waals surface area contributed by atoms with Crippen molar-refractivity contribution in [1.29, 1.82) is 0 Å². The molecule has 0 heterocycles. The zero-order chi connectivity index (χ0) is 31.3. The zero-order valence-corrected chi connectivity index (χ0v) is 26.0. The molecule has 1 saturated carbocycles. The van der Waals surface area contributed by atoms with E-state index in [4.69, 9.17) is 9.12 Å². The number of rotatable bonds is 12. The van der Waals surface area contributed by atoms with Crippen molar-refractivity contribution in [3.8, 4) is 5.75 Å². The molecule has 44 heavy (non-hydrogen) atoms. The van der Waals surface area contributed by atoms with Crippen molar-refractivity contribution in [3.05, 3.63) is 107 Å². The first-order chi connectivity index (χ1) is 21.2. The first kappa shape index (κ1) is 31.1. The largest absolute Gasteiger partial charge is 0.406 e. The molecule has 0 atom stereocenters. The predicted molar refractivity (Wildman–Crippen MR) is 171 cm³/mol. The van der Waals surface area contributed by atoms with Crippen molar-refractivity contribution in [2.75, 3.05) is 13.6 Å². The highest BCUT2D eigenvalue weighted by Crippen LogP contribution is 2.33. The maximum Gasteiger partial charge on any atom is 0.358 e. The fourth-order valence-electron chi connectivity index (χ4n) is 5.39. The van der Waals surface area contributed by atoms with Crippen LogP contribution >= 0.6 is 0 Å². The van der Waals surface area contributed by atoms with Gasteiger partial charge in [-0.25, -0.2) is 0 Å². The fraction of sp³-hybridized carbons (Fsp3) is 0.286. The minimum Gasteiger partial charge on any atom is -0.406 e. The van der Waals surface area contributed by atoms with Gasteiger partial charge in [-0.3, -0.25) is 13.9 Å². The van der Waals surface area contributed by atoms with Gasteiger partial charge in [0.05, 0.1) is 0 Å². The van der Waals surface area contributed by atoms with Crippen LogP contribution in [0, 0.1) is 12.8 Å². The average molecular weight is 613 g/mol. The predicted octanol–water partition coefficient (Wildman–Crippen LogP) is 7.15. The summed E-state index contributed by atoms with van der Waals surface area (Å²) >= 11 is 0. The molecule has 1 aliphatic rings. The van der Waals surface area contributed by atoms with E-state index in [0.29, 0.717) is 46.2 Å². The van der Waals surface area contributed by atoms with E-state index in [9.17, 15) is 18.0 Å². The number of aryl methyl sites for hydroxylation is 1. The van der Waals surface area contributed by atoms with Gasteiger partial charge in [0.25, 0.3) is 0 Å². The lowest BCUT2D eigenvalue weighted by Gasteiger charge is -2.19. The summed E-state index contributed by atoms with van der Waals surface area (Å²) < 4.78 is 31.1. The SMILES string of the molecule is CCN(C)Oc1ccc(C(=O)/C(CC2CCCC2)=N/OS(=O)(=O)c2ccc(C)cc2)c2ccc(C(=O)c3ccccc3)cc12. The number of fused-ring (bicyclic) bond motifs is 1. The maximum atomic E-state index is 14.2. The highest BCUT2D eigenvalue weighted by molar-refractivity contribution is 7.86. The summed E-state index contributed by atoms with van der Waals surface area (Å²) in [6.07, 6.45) is 4.25. The molecule has 4 aromatic rings. The van der Waals surface area contributed by atoms with Gasteiger partial charge in [0.1, 0.15) is 10.6 Å². The molecule has 228 valence electrons. The Balaban J connectivity index is 1.56. The van der Waals surface area contributed by atoms with Crippen LogP contribution in [0.25, 0.3) is 10.8 Å². The second-order valence-electron chi connectivity index (χ2n) is 11.2. The van der Waals surface area contributed by atoms with E-state index in [1.54, 1.807) is 66.7 Å². The Morgan fingerprint density at radius 3 is 2.27 bits per heavy atom. The molecule has 0 N–H and O–H groups in total. The average Bonchev–Trinajstić information content (AvgIpc) is 3.56. The Kier molecular flexibility index (Phi) is 9.56. The number of hydroxylamine groups is 2. The van der Waals surface area contributed by atoms with Crippen molar-refractivity contribution in [2.45, 2.75) is 50.8 Å². The fourth-order valence-corrected chi connectivity index (χ4v) is 6.13. The molecule has 4 aromatic carbocycles. The minimum absolute atomic E-state index is 0.0395. The molecule has 9 heteroatoms. The standard InChI is InChI=1S/C35H36N2O6S/c1-4-37(3)42-33-21-20-30(29-19-16-27(23-31(29)33)34(38)26-12-6-5-7-13-26)35(39)32(22-25-10-8-9-11-25)36-43-44(40,41)28-17-14-24(2)15-18-28/h5-7,12-21,23,25H,4,8-11,22H2,1-3H3/b36-32+. The lowest BCUT2D eigenvalue weighted by molar-refractivity contribution is -0.0246. The summed E-state index contributed by atoms with van der Waals surface area (Å²) in [5.74, 6) is 0.0948. The molecule has 8 nitrogen and oxygen atoms in total. The van der Waals surface area contributed by atoms with Gasteiger partial charge in [-0.15, -0.1) is 5.06 Å². The van der Waals surface area contributed by atoms with Gasteiger partial charge in [0, 0.05) is 35.7 Å². The second kappa shape index (κ2) is 13.5. The smallest absolute Gasteiger partial charge is 0.358 e. The van der Waals surface area contributed by atoms with E-state index in [1.165, 1.54) is 12.1 Å². The molecule has 1 fully saturated rings. The topological polar surface area (TPSA) is 102 Å². The first-order valence-corrected chi connectivity index (χ1v) is 16.2. The van der Waals surface area contributed by atoms with Crippen LogP contribution in [0.5, 0.6) is 5.75 Å². The minimum atomic E-state index is -4.23. The highest BCUT2D eigenvalue weighted by Gasteiger charge is 2.27. The molecule has 0 unspecified atom stereocenters. The number of nitrogens with zero attached hydrogens (tertiary/aromatic N) is 2. The van der Waals surface area contributed by atoms with Gasteiger partial charge in [-0.2, -0.15) is 8.42 Å². The van der Waals surface area contributed by atoms with Crippen molar-refractivity contribution in [1.82, 2.24) is 5.06 Å². The lowest BCUT2D eigenvalue weighted by atomic mass is 9.91. The molecule has 0 amide bonds. The number of hydrogen-bond acceptors (Lipinski definition) is 8. The van der Waals surface area contributed by atoms with Crippen LogP contribution in [-0.2, 0) is 14.4 Å². The zero-order valence-electron chi connectivity index (χ0n) is 25.2. The van der Waals surface area contributed by atoms with Crippen molar-refractivity contribution < 1.29 is 27.1 Å². The van der Waals surface area contributed by atoms with Crippen LogP contribution in [0.4, 0.5) is 0 Å². The van der Waals surface area contributed by atoms with Gasteiger partial charge in [0.2, 0.25) is 5.78 Å². The van der Waals surface area contributed by atoms with Crippen LogP contribution in [0.2, 0.25) is 0 Å². The summed E-state index contributed by atoms with van der Waals surface area (Å²) in [5, 5.41) is 6.78. The third-order valence-corrected chi connectivity index (χ3v) is 9.11. The summed E-state index contributed by atoms with van der Waals surface area (Å²) in [5.41, 5.74) is 2.26. The van der Waals surface area contributed by atoms with Crippen molar-refractivity contribution in [2.24, 2.45) is 11.1 Å². The molecule has 5 rings (SSSR count). The molecule has 0 aliphatic heterocycles. The number of Topliss-reactive ketones (excluding diaryl/α,β-unsaturated/α-hetero) is 1. The number of carbonyl (C=O) groups excluding carboxylic acids is 2. The third kappa shape index (κ3) is 7.06. The van der Waals surface area contributed by atoms with Crippen molar-refractivity contribution >= 4 is 38.2 Å². The summed E-state index contributed by atoms with van der Waals surface area (Å²) in [6, 6.07) is 23.7. The maximum absolute atomic E-state index is 14.2. The number of oxime groups is 1. The van der Waals surface area contributed by atoms with Crippen LogP contribution < -0.4 is 4.84 Å². The van der Waals surface area contributed by atoms with Crippen molar-refractivity contribution in [3.63, 3.8) is 0 Å². The van der Waals surface area contributed by atoms with E-state index in [-0.39, 0.29) is 22.3 Å². The van der Waals surface area contributed by atoms with Crippen LogP contribution in [0.1, 0.15) is 70.9 Å². The van der Waals surface area contributed by atoms with Crippen LogP contribution in [0.3, 0.4) is 0 Å². The Labute approximate surface area is 258 Å². The van der Waals surface area contributed by atoms with E-state index in [2.05, 4.69) is 5.16 Å². The summed E-state index contributed by atoms with van der Waals surface area (Å²) in [7, 11) is -2.44. The van der Waals surface area contributed by atoms with Crippen LogP contribution in [0.15, 0.2) is 95.0 Å². The number of benzene rings is 4. The molecular weight excluding hydrogens is 576 g/mol.